The maximum Gasteiger partial charge on any atom is 0.0417 e. The van der Waals surface area contributed by atoms with Gasteiger partial charge in [0.15, 0.2) is 0 Å². The predicted molar refractivity (Wildman–Crippen MR) is 65.2 cm³/mol. The summed E-state index contributed by atoms with van der Waals surface area (Å²) in [4.78, 5) is 1.22. The van der Waals surface area contributed by atoms with Gasteiger partial charge in [0, 0.05) is 28.8 Å². The SMILES string of the molecule is C=CCNCCSc1cccc(Cl)c1. The maximum atomic E-state index is 5.87. The average molecular weight is 228 g/mol. The quantitative estimate of drug-likeness (QED) is 0.455. The van der Waals surface area contributed by atoms with Gasteiger partial charge in [0.1, 0.15) is 0 Å². The number of rotatable bonds is 6. The maximum absolute atomic E-state index is 5.87. The van der Waals surface area contributed by atoms with Gasteiger partial charge in [-0.05, 0) is 18.2 Å². The summed E-state index contributed by atoms with van der Waals surface area (Å²) in [5.74, 6) is 1.05. The Hall–Kier alpha value is -0.440. The van der Waals surface area contributed by atoms with Crippen LogP contribution < -0.4 is 5.32 Å². The van der Waals surface area contributed by atoms with Crippen molar-refractivity contribution in [2.24, 2.45) is 0 Å². The van der Waals surface area contributed by atoms with Crippen molar-refractivity contribution in [1.29, 1.82) is 0 Å². The molecular formula is C11H14ClNS. The first-order valence-corrected chi connectivity index (χ1v) is 5.89. The minimum atomic E-state index is 0.800. The predicted octanol–water partition coefficient (Wildman–Crippen LogP) is 3.21. The third kappa shape index (κ3) is 4.70. The van der Waals surface area contributed by atoms with Gasteiger partial charge in [-0.3, -0.25) is 0 Å². The van der Waals surface area contributed by atoms with Crippen LogP contribution in [0.3, 0.4) is 0 Å². The molecule has 76 valence electrons. The Morgan fingerprint density at radius 3 is 3.07 bits per heavy atom. The minimum absolute atomic E-state index is 0.800. The molecule has 0 heterocycles. The highest BCUT2D eigenvalue weighted by atomic mass is 35.5. The lowest BCUT2D eigenvalue weighted by atomic mass is 10.4. The number of thioether (sulfide) groups is 1. The van der Waals surface area contributed by atoms with Gasteiger partial charge in [-0.2, -0.15) is 0 Å². The Morgan fingerprint density at radius 2 is 2.36 bits per heavy atom. The van der Waals surface area contributed by atoms with Gasteiger partial charge >= 0.3 is 0 Å². The Bertz CT molecular complexity index is 288. The summed E-state index contributed by atoms with van der Waals surface area (Å²) in [7, 11) is 0. The largest absolute Gasteiger partial charge is 0.312 e. The van der Waals surface area contributed by atoms with Gasteiger partial charge in [0.25, 0.3) is 0 Å². The zero-order valence-corrected chi connectivity index (χ0v) is 9.57. The van der Waals surface area contributed by atoms with Crippen LogP contribution in [-0.4, -0.2) is 18.8 Å². The Kier molecular flexibility index (Phi) is 5.76. The molecule has 1 aromatic carbocycles. The Morgan fingerprint density at radius 1 is 1.50 bits per heavy atom. The highest BCUT2D eigenvalue weighted by molar-refractivity contribution is 7.99. The van der Waals surface area contributed by atoms with Crippen molar-refractivity contribution in [3.05, 3.63) is 41.9 Å². The van der Waals surface area contributed by atoms with Gasteiger partial charge in [-0.1, -0.05) is 23.7 Å². The molecule has 0 saturated carbocycles. The summed E-state index contributed by atoms with van der Waals surface area (Å²) in [5.41, 5.74) is 0. The van der Waals surface area contributed by atoms with Gasteiger partial charge < -0.3 is 5.32 Å². The average Bonchev–Trinajstić information content (AvgIpc) is 2.18. The molecule has 0 unspecified atom stereocenters. The second kappa shape index (κ2) is 6.93. The topological polar surface area (TPSA) is 12.0 Å². The summed E-state index contributed by atoms with van der Waals surface area (Å²) in [6, 6.07) is 7.92. The fraction of sp³-hybridized carbons (Fsp3) is 0.273. The lowest BCUT2D eigenvalue weighted by molar-refractivity contribution is 0.807. The van der Waals surface area contributed by atoms with Crippen molar-refractivity contribution in [3.63, 3.8) is 0 Å². The van der Waals surface area contributed by atoms with Crippen LogP contribution in [0.2, 0.25) is 5.02 Å². The van der Waals surface area contributed by atoms with Crippen molar-refractivity contribution in [2.45, 2.75) is 4.90 Å². The van der Waals surface area contributed by atoms with Crippen molar-refractivity contribution >= 4 is 23.4 Å². The molecule has 0 aromatic heterocycles. The molecule has 1 nitrogen and oxygen atoms in total. The molecule has 0 atom stereocenters. The fourth-order valence-electron chi connectivity index (χ4n) is 1.00. The number of nitrogens with one attached hydrogen (secondary N) is 1. The van der Waals surface area contributed by atoms with Crippen molar-refractivity contribution in [3.8, 4) is 0 Å². The minimum Gasteiger partial charge on any atom is -0.312 e. The van der Waals surface area contributed by atoms with E-state index in [9.17, 15) is 0 Å². The fourth-order valence-corrected chi connectivity index (χ4v) is 2.12. The van der Waals surface area contributed by atoms with Crippen LogP contribution in [0.25, 0.3) is 0 Å². The molecule has 1 rings (SSSR count). The first-order chi connectivity index (χ1) is 6.83. The second-order valence-electron chi connectivity index (χ2n) is 2.80. The standard InChI is InChI=1S/C11H14ClNS/c1-2-6-13-7-8-14-11-5-3-4-10(12)9-11/h2-5,9,13H,1,6-8H2. The molecule has 0 bridgehead atoms. The van der Waals surface area contributed by atoms with Gasteiger partial charge in [-0.15, -0.1) is 18.3 Å². The van der Waals surface area contributed by atoms with E-state index in [0.717, 1.165) is 23.9 Å². The van der Waals surface area contributed by atoms with Gasteiger partial charge in [0.05, 0.1) is 0 Å². The molecule has 0 aliphatic heterocycles. The summed E-state index contributed by atoms with van der Waals surface area (Å²) < 4.78 is 0. The molecule has 0 aliphatic carbocycles. The lowest BCUT2D eigenvalue weighted by Gasteiger charge is -2.02. The molecule has 0 amide bonds. The molecule has 1 aromatic rings. The number of hydrogen-bond donors (Lipinski definition) is 1. The van der Waals surface area contributed by atoms with E-state index in [1.54, 1.807) is 11.8 Å². The van der Waals surface area contributed by atoms with E-state index in [-0.39, 0.29) is 0 Å². The molecule has 0 radical (unpaired) electrons. The highest BCUT2D eigenvalue weighted by Gasteiger charge is 1.94. The summed E-state index contributed by atoms with van der Waals surface area (Å²) in [6.07, 6.45) is 1.87. The molecule has 0 saturated heterocycles. The zero-order chi connectivity index (χ0) is 10.2. The zero-order valence-electron chi connectivity index (χ0n) is 8.00. The monoisotopic (exact) mass is 227 g/mol. The van der Waals surface area contributed by atoms with Gasteiger partial charge in [0.2, 0.25) is 0 Å². The Balaban J connectivity index is 2.21. The molecular weight excluding hydrogens is 214 g/mol. The Labute approximate surface area is 94.5 Å². The van der Waals surface area contributed by atoms with Crippen molar-refractivity contribution < 1.29 is 0 Å². The van der Waals surface area contributed by atoms with E-state index in [4.69, 9.17) is 11.6 Å². The van der Waals surface area contributed by atoms with E-state index in [2.05, 4.69) is 18.0 Å². The number of benzene rings is 1. The summed E-state index contributed by atoms with van der Waals surface area (Å²) in [5, 5.41) is 4.05. The van der Waals surface area contributed by atoms with E-state index in [1.807, 2.05) is 24.3 Å². The smallest absolute Gasteiger partial charge is 0.0417 e. The number of hydrogen-bond acceptors (Lipinski definition) is 2. The van der Waals surface area contributed by atoms with E-state index in [0.29, 0.717) is 0 Å². The molecule has 0 fully saturated rings. The highest BCUT2D eigenvalue weighted by Crippen LogP contribution is 2.20. The van der Waals surface area contributed by atoms with Crippen LogP contribution in [0.4, 0.5) is 0 Å². The third-order valence-corrected chi connectivity index (χ3v) is 2.86. The van der Waals surface area contributed by atoms with Crippen LogP contribution in [0.5, 0.6) is 0 Å². The first kappa shape index (κ1) is 11.6. The van der Waals surface area contributed by atoms with E-state index in [1.165, 1.54) is 4.90 Å². The van der Waals surface area contributed by atoms with E-state index < -0.39 is 0 Å². The first-order valence-electron chi connectivity index (χ1n) is 4.53. The van der Waals surface area contributed by atoms with Crippen LogP contribution >= 0.6 is 23.4 Å². The molecule has 3 heteroatoms. The van der Waals surface area contributed by atoms with Crippen LogP contribution in [0, 0.1) is 0 Å². The summed E-state index contributed by atoms with van der Waals surface area (Å²) in [6.45, 7) is 5.50. The lowest BCUT2D eigenvalue weighted by Crippen LogP contribution is -2.16. The normalized spacial score (nSPS) is 10.1. The van der Waals surface area contributed by atoms with Crippen LogP contribution in [0.1, 0.15) is 0 Å². The van der Waals surface area contributed by atoms with E-state index >= 15 is 0 Å². The second-order valence-corrected chi connectivity index (χ2v) is 4.40. The molecule has 0 aliphatic rings. The number of halogens is 1. The van der Waals surface area contributed by atoms with Crippen molar-refractivity contribution in [1.82, 2.24) is 5.32 Å². The van der Waals surface area contributed by atoms with Crippen LogP contribution in [0.15, 0.2) is 41.8 Å². The van der Waals surface area contributed by atoms with Gasteiger partial charge in [-0.25, -0.2) is 0 Å². The third-order valence-electron chi connectivity index (χ3n) is 1.63. The summed E-state index contributed by atoms with van der Waals surface area (Å²) >= 11 is 7.67. The molecule has 14 heavy (non-hydrogen) atoms. The van der Waals surface area contributed by atoms with Crippen molar-refractivity contribution in [2.75, 3.05) is 18.8 Å². The van der Waals surface area contributed by atoms with Crippen LogP contribution in [-0.2, 0) is 0 Å². The molecule has 0 spiro atoms. The molecule has 1 N–H and O–H groups in total.